The Morgan fingerprint density at radius 3 is 2.67 bits per heavy atom. The molecule has 2 aliphatic heterocycles. The van der Waals surface area contributed by atoms with Crippen molar-refractivity contribution in [2.75, 3.05) is 38.2 Å². The lowest BCUT2D eigenvalue weighted by Gasteiger charge is -2.45. The molecule has 0 unspecified atom stereocenters. The van der Waals surface area contributed by atoms with Crippen molar-refractivity contribution in [1.29, 1.82) is 0 Å². The Labute approximate surface area is 158 Å². The van der Waals surface area contributed by atoms with E-state index < -0.39 is 0 Å². The van der Waals surface area contributed by atoms with E-state index in [0.29, 0.717) is 25.0 Å². The summed E-state index contributed by atoms with van der Waals surface area (Å²) in [5.41, 5.74) is 1.96. The van der Waals surface area contributed by atoms with E-state index in [1.807, 2.05) is 47.6 Å². The first kappa shape index (κ1) is 17.6. The second-order valence-electron chi connectivity index (χ2n) is 6.77. The molecule has 4 rings (SSSR count). The highest BCUT2D eigenvalue weighted by Gasteiger charge is 2.34. The third kappa shape index (κ3) is 3.98. The molecule has 27 heavy (non-hydrogen) atoms. The molecule has 1 N–H and O–H groups in total. The van der Waals surface area contributed by atoms with E-state index in [1.165, 1.54) is 5.56 Å². The number of hydrogen-bond acceptors (Lipinski definition) is 5. The van der Waals surface area contributed by atoms with Gasteiger partial charge in [0.15, 0.2) is 11.5 Å². The van der Waals surface area contributed by atoms with Crippen LogP contribution in [-0.4, -0.2) is 59.7 Å². The van der Waals surface area contributed by atoms with Crippen molar-refractivity contribution in [2.24, 2.45) is 0 Å². The zero-order chi connectivity index (χ0) is 18.6. The number of amides is 2. The van der Waals surface area contributed by atoms with Gasteiger partial charge in [-0.25, -0.2) is 4.79 Å². The zero-order valence-corrected chi connectivity index (χ0v) is 15.4. The fourth-order valence-electron chi connectivity index (χ4n) is 3.40. The summed E-state index contributed by atoms with van der Waals surface area (Å²) in [4.78, 5) is 20.8. The van der Waals surface area contributed by atoms with Gasteiger partial charge in [0.05, 0.1) is 0 Å². The molecule has 1 aromatic carbocycles. The van der Waals surface area contributed by atoms with Gasteiger partial charge in [-0.15, -0.1) is 0 Å². The SMILES string of the molecule is CCN(Cc1ccncc1)C1CN(C(=O)Nc2ccc3c(c2)OCCO3)C1. The van der Waals surface area contributed by atoms with E-state index in [-0.39, 0.29) is 6.03 Å². The van der Waals surface area contributed by atoms with Gasteiger partial charge in [0.25, 0.3) is 0 Å². The van der Waals surface area contributed by atoms with Crippen molar-refractivity contribution >= 4 is 11.7 Å². The number of nitrogens with one attached hydrogen (secondary N) is 1. The predicted molar refractivity (Wildman–Crippen MR) is 102 cm³/mol. The lowest BCUT2D eigenvalue weighted by Crippen LogP contribution is -2.61. The lowest BCUT2D eigenvalue weighted by atomic mass is 10.1. The third-order valence-electron chi connectivity index (χ3n) is 5.00. The smallest absolute Gasteiger partial charge is 0.321 e. The average molecular weight is 368 g/mol. The summed E-state index contributed by atoms with van der Waals surface area (Å²) < 4.78 is 11.1. The molecule has 1 saturated heterocycles. The van der Waals surface area contributed by atoms with Crippen molar-refractivity contribution < 1.29 is 14.3 Å². The van der Waals surface area contributed by atoms with E-state index in [4.69, 9.17) is 9.47 Å². The molecule has 7 nitrogen and oxygen atoms in total. The van der Waals surface area contributed by atoms with Crippen LogP contribution in [0.1, 0.15) is 12.5 Å². The molecule has 3 heterocycles. The van der Waals surface area contributed by atoms with Crippen LogP contribution in [0.15, 0.2) is 42.7 Å². The number of nitrogens with zero attached hydrogens (tertiary/aromatic N) is 3. The van der Waals surface area contributed by atoms with Gasteiger partial charge in [0, 0.05) is 49.8 Å². The van der Waals surface area contributed by atoms with Crippen LogP contribution in [0.4, 0.5) is 10.5 Å². The number of likely N-dealkylation sites (tertiary alicyclic amines) is 1. The highest BCUT2D eigenvalue weighted by Crippen LogP contribution is 2.32. The first-order valence-electron chi connectivity index (χ1n) is 9.31. The Morgan fingerprint density at radius 2 is 1.93 bits per heavy atom. The second-order valence-corrected chi connectivity index (χ2v) is 6.77. The van der Waals surface area contributed by atoms with Gasteiger partial charge in [-0.2, -0.15) is 0 Å². The van der Waals surface area contributed by atoms with E-state index >= 15 is 0 Å². The number of benzene rings is 1. The summed E-state index contributed by atoms with van der Waals surface area (Å²) in [6.07, 6.45) is 3.63. The first-order valence-corrected chi connectivity index (χ1v) is 9.31. The number of carbonyl (C=O) groups excluding carboxylic acids is 1. The van der Waals surface area contributed by atoms with Gasteiger partial charge in [0.1, 0.15) is 13.2 Å². The van der Waals surface area contributed by atoms with Crippen LogP contribution in [-0.2, 0) is 6.54 Å². The molecule has 1 fully saturated rings. The molecule has 1 aromatic heterocycles. The molecule has 2 amide bonds. The normalized spacial score (nSPS) is 16.1. The van der Waals surface area contributed by atoms with Crippen molar-refractivity contribution in [2.45, 2.75) is 19.5 Å². The lowest BCUT2D eigenvalue weighted by molar-refractivity contribution is 0.0600. The summed E-state index contributed by atoms with van der Waals surface area (Å²) in [6.45, 7) is 6.53. The molecule has 0 bridgehead atoms. The number of pyridine rings is 1. The predicted octanol–water partition coefficient (Wildman–Crippen LogP) is 2.59. The Balaban J connectivity index is 1.30. The van der Waals surface area contributed by atoms with Crippen molar-refractivity contribution in [3.63, 3.8) is 0 Å². The fourth-order valence-corrected chi connectivity index (χ4v) is 3.40. The zero-order valence-electron chi connectivity index (χ0n) is 15.4. The van der Waals surface area contributed by atoms with Crippen molar-refractivity contribution in [1.82, 2.24) is 14.8 Å². The highest BCUT2D eigenvalue weighted by atomic mass is 16.6. The minimum absolute atomic E-state index is 0.0807. The minimum atomic E-state index is -0.0807. The molecule has 0 aliphatic carbocycles. The van der Waals surface area contributed by atoms with Crippen LogP contribution >= 0.6 is 0 Å². The van der Waals surface area contributed by atoms with Gasteiger partial charge in [-0.3, -0.25) is 9.88 Å². The van der Waals surface area contributed by atoms with Gasteiger partial charge in [0.2, 0.25) is 0 Å². The molecule has 2 aliphatic rings. The van der Waals surface area contributed by atoms with E-state index in [1.54, 1.807) is 0 Å². The molecule has 0 radical (unpaired) electrons. The Morgan fingerprint density at radius 1 is 1.19 bits per heavy atom. The van der Waals surface area contributed by atoms with Crippen LogP contribution in [0.3, 0.4) is 0 Å². The van der Waals surface area contributed by atoms with Gasteiger partial charge < -0.3 is 19.7 Å². The molecule has 2 aromatic rings. The average Bonchev–Trinajstić information content (AvgIpc) is 2.66. The van der Waals surface area contributed by atoms with Crippen LogP contribution in [0.25, 0.3) is 0 Å². The van der Waals surface area contributed by atoms with E-state index in [0.717, 1.165) is 37.6 Å². The molecular weight excluding hydrogens is 344 g/mol. The van der Waals surface area contributed by atoms with E-state index in [2.05, 4.69) is 22.1 Å². The van der Waals surface area contributed by atoms with Crippen molar-refractivity contribution in [3.8, 4) is 11.5 Å². The van der Waals surface area contributed by atoms with E-state index in [9.17, 15) is 4.79 Å². The number of ether oxygens (including phenoxy) is 2. The fraction of sp³-hybridized carbons (Fsp3) is 0.400. The summed E-state index contributed by atoms with van der Waals surface area (Å²) in [7, 11) is 0. The summed E-state index contributed by atoms with van der Waals surface area (Å²) >= 11 is 0. The number of fused-ring (bicyclic) bond motifs is 1. The van der Waals surface area contributed by atoms with Gasteiger partial charge >= 0.3 is 6.03 Å². The second kappa shape index (κ2) is 7.84. The quantitative estimate of drug-likeness (QED) is 0.879. The number of hydrogen-bond donors (Lipinski definition) is 1. The van der Waals surface area contributed by atoms with Crippen LogP contribution < -0.4 is 14.8 Å². The maximum atomic E-state index is 12.5. The van der Waals surface area contributed by atoms with Gasteiger partial charge in [-0.05, 0) is 36.4 Å². The maximum Gasteiger partial charge on any atom is 0.321 e. The molecule has 142 valence electrons. The first-order chi connectivity index (χ1) is 13.2. The Bertz CT molecular complexity index is 793. The Hall–Kier alpha value is -2.80. The largest absolute Gasteiger partial charge is 0.486 e. The molecule has 0 spiro atoms. The number of carbonyl (C=O) groups is 1. The number of rotatable bonds is 5. The maximum absolute atomic E-state index is 12.5. The van der Waals surface area contributed by atoms with Crippen LogP contribution in [0.2, 0.25) is 0 Å². The molecule has 0 atom stereocenters. The number of likely N-dealkylation sites (N-methyl/N-ethyl adjacent to an activating group) is 1. The minimum Gasteiger partial charge on any atom is -0.486 e. The topological polar surface area (TPSA) is 66.9 Å². The number of aromatic nitrogens is 1. The van der Waals surface area contributed by atoms with Crippen LogP contribution in [0, 0.1) is 0 Å². The molecule has 7 heteroatoms. The number of urea groups is 1. The molecule has 0 saturated carbocycles. The molecular formula is C20H24N4O3. The van der Waals surface area contributed by atoms with Crippen LogP contribution in [0.5, 0.6) is 11.5 Å². The third-order valence-corrected chi connectivity index (χ3v) is 5.00. The standard InChI is InChI=1S/C20H24N4O3/c1-2-23(12-15-5-7-21-8-6-15)17-13-24(14-17)20(25)22-16-3-4-18-19(11-16)27-10-9-26-18/h3-8,11,17H,2,9-10,12-14H2,1H3,(H,22,25). The van der Waals surface area contributed by atoms with Crippen molar-refractivity contribution in [3.05, 3.63) is 48.3 Å². The summed E-state index contributed by atoms with van der Waals surface area (Å²) in [6, 6.07) is 9.85. The summed E-state index contributed by atoms with van der Waals surface area (Å²) in [5.74, 6) is 1.40. The Kier molecular flexibility index (Phi) is 5.11. The monoisotopic (exact) mass is 368 g/mol. The van der Waals surface area contributed by atoms with Gasteiger partial charge in [-0.1, -0.05) is 6.92 Å². The number of anilines is 1. The highest BCUT2D eigenvalue weighted by molar-refractivity contribution is 5.90. The summed E-state index contributed by atoms with van der Waals surface area (Å²) in [5, 5.41) is 2.95.